The van der Waals surface area contributed by atoms with Gasteiger partial charge in [-0.1, -0.05) is 76.2 Å². The highest BCUT2D eigenvalue weighted by molar-refractivity contribution is 5.30. The summed E-state index contributed by atoms with van der Waals surface area (Å²) in [6.07, 6.45) is 1.96. The summed E-state index contributed by atoms with van der Waals surface area (Å²) in [6.45, 7) is 8.89. The van der Waals surface area contributed by atoms with Gasteiger partial charge in [0.1, 0.15) is 0 Å². The van der Waals surface area contributed by atoms with Crippen molar-refractivity contribution in [2.45, 2.75) is 52.0 Å². The van der Waals surface area contributed by atoms with E-state index in [1.54, 1.807) is 0 Å². The lowest BCUT2D eigenvalue weighted by atomic mass is 9.86. The van der Waals surface area contributed by atoms with Crippen molar-refractivity contribution in [2.24, 2.45) is 5.73 Å². The summed E-state index contributed by atoms with van der Waals surface area (Å²) < 4.78 is 0. The van der Waals surface area contributed by atoms with Crippen molar-refractivity contribution in [1.29, 1.82) is 0 Å². The van der Waals surface area contributed by atoms with Crippen LogP contribution in [0, 0.1) is 0 Å². The monoisotopic (exact) mass is 281 g/mol. The second-order valence-corrected chi connectivity index (χ2v) is 6.85. The van der Waals surface area contributed by atoms with E-state index in [1.807, 2.05) is 0 Å². The van der Waals surface area contributed by atoms with Gasteiger partial charge in [0.15, 0.2) is 0 Å². The molecule has 1 nitrogen and oxygen atoms in total. The van der Waals surface area contributed by atoms with Crippen molar-refractivity contribution >= 4 is 0 Å². The first-order valence-corrected chi connectivity index (χ1v) is 7.84. The van der Waals surface area contributed by atoms with Gasteiger partial charge in [-0.15, -0.1) is 0 Å². The van der Waals surface area contributed by atoms with Gasteiger partial charge in [-0.3, -0.25) is 0 Å². The van der Waals surface area contributed by atoms with Crippen LogP contribution < -0.4 is 5.73 Å². The van der Waals surface area contributed by atoms with Crippen LogP contribution in [0.25, 0.3) is 0 Å². The van der Waals surface area contributed by atoms with E-state index in [2.05, 4.69) is 76.2 Å². The number of benzene rings is 2. The SMILES string of the molecule is CCc1ccc(C(N)Cc2ccc(C(C)(C)C)cc2)cc1. The van der Waals surface area contributed by atoms with Crippen LogP contribution in [0.2, 0.25) is 0 Å². The minimum absolute atomic E-state index is 0.0661. The Balaban J connectivity index is 2.06. The Kier molecular flexibility index (Phi) is 4.84. The molecule has 2 rings (SSSR count). The van der Waals surface area contributed by atoms with E-state index in [-0.39, 0.29) is 11.5 Å². The van der Waals surface area contributed by atoms with E-state index in [1.165, 1.54) is 22.3 Å². The van der Waals surface area contributed by atoms with Gasteiger partial charge in [0, 0.05) is 6.04 Å². The zero-order valence-corrected chi connectivity index (χ0v) is 13.7. The molecule has 0 aliphatic rings. The van der Waals surface area contributed by atoms with Gasteiger partial charge >= 0.3 is 0 Å². The van der Waals surface area contributed by atoms with Crippen LogP contribution in [-0.4, -0.2) is 0 Å². The third-order valence-corrected chi connectivity index (χ3v) is 4.09. The third-order valence-electron chi connectivity index (χ3n) is 4.09. The quantitative estimate of drug-likeness (QED) is 0.856. The number of rotatable bonds is 4. The molecule has 2 aromatic carbocycles. The molecule has 0 aliphatic carbocycles. The molecule has 0 saturated carbocycles. The molecular formula is C20H27N. The predicted octanol–water partition coefficient (Wildman–Crippen LogP) is 4.79. The molecule has 0 aliphatic heterocycles. The fourth-order valence-electron chi connectivity index (χ4n) is 2.51. The van der Waals surface area contributed by atoms with Crippen molar-refractivity contribution in [3.8, 4) is 0 Å². The van der Waals surface area contributed by atoms with Crippen molar-refractivity contribution in [1.82, 2.24) is 0 Å². The Morgan fingerprint density at radius 3 is 1.86 bits per heavy atom. The maximum Gasteiger partial charge on any atom is 0.0335 e. The average molecular weight is 281 g/mol. The normalized spacial score (nSPS) is 13.2. The first-order chi connectivity index (χ1) is 9.90. The molecule has 21 heavy (non-hydrogen) atoms. The summed E-state index contributed by atoms with van der Waals surface area (Å²) in [5.74, 6) is 0. The minimum atomic E-state index is 0.0661. The van der Waals surface area contributed by atoms with Gasteiger partial charge in [-0.25, -0.2) is 0 Å². The van der Waals surface area contributed by atoms with Crippen molar-refractivity contribution < 1.29 is 0 Å². The molecule has 0 fully saturated rings. The third kappa shape index (κ3) is 4.18. The number of nitrogens with two attached hydrogens (primary N) is 1. The molecule has 0 radical (unpaired) electrons. The Bertz CT molecular complexity index is 558. The van der Waals surface area contributed by atoms with Gasteiger partial charge in [-0.2, -0.15) is 0 Å². The summed E-state index contributed by atoms with van der Waals surface area (Å²) >= 11 is 0. The fraction of sp³-hybridized carbons (Fsp3) is 0.400. The molecule has 2 aromatic rings. The highest BCUT2D eigenvalue weighted by Crippen LogP contribution is 2.23. The van der Waals surface area contributed by atoms with Crippen LogP contribution in [0.5, 0.6) is 0 Å². The van der Waals surface area contributed by atoms with Gasteiger partial charge in [-0.05, 0) is 40.5 Å². The topological polar surface area (TPSA) is 26.0 Å². The Labute approximate surface area is 129 Å². The molecule has 0 aromatic heterocycles. The molecule has 1 heteroatoms. The molecule has 1 atom stereocenters. The maximum atomic E-state index is 6.34. The van der Waals surface area contributed by atoms with Crippen molar-refractivity contribution in [3.05, 3.63) is 70.8 Å². The highest BCUT2D eigenvalue weighted by Gasteiger charge is 2.13. The summed E-state index contributed by atoms with van der Waals surface area (Å²) in [7, 11) is 0. The molecular weight excluding hydrogens is 254 g/mol. The molecule has 112 valence electrons. The molecule has 0 amide bonds. The smallest absolute Gasteiger partial charge is 0.0335 e. The second-order valence-electron chi connectivity index (χ2n) is 6.85. The highest BCUT2D eigenvalue weighted by atomic mass is 14.6. The fourth-order valence-corrected chi connectivity index (χ4v) is 2.51. The van der Waals surface area contributed by atoms with E-state index in [4.69, 9.17) is 5.73 Å². The molecule has 0 bridgehead atoms. The summed E-state index contributed by atoms with van der Waals surface area (Å²) in [5, 5.41) is 0. The van der Waals surface area contributed by atoms with Crippen LogP contribution in [0.3, 0.4) is 0 Å². The zero-order valence-electron chi connectivity index (χ0n) is 13.7. The number of hydrogen-bond donors (Lipinski definition) is 1. The van der Waals surface area contributed by atoms with Gasteiger partial charge in [0.25, 0.3) is 0 Å². The van der Waals surface area contributed by atoms with Crippen LogP contribution in [-0.2, 0) is 18.3 Å². The Hall–Kier alpha value is -1.60. The summed E-state index contributed by atoms with van der Waals surface area (Å²) in [6, 6.07) is 17.6. The second kappa shape index (κ2) is 6.44. The summed E-state index contributed by atoms with van der Waals surface area (Å²) in [5.41, 5.74) is 11.8. The van der Waals surface area contributed by atoms with Crippen molar-refractivity contribution in [2.75, 3.05) is 0 Å². The lowest BCUT2D eigenvalue weighted by Gasteiger charge is -2.19. The van der Waals surface area contributed by atoms with E-state index in [0.29, 0.717) is 0 Å². The van der Waals surface area contributed by atoms with Gasteiger partial charge in [0.2, 0.25) is 0 Å². The minimum Gasteiger partial charge on any atom is -0.324 e. The van der Waals surface area contributed by atoms with E-state index < -0.39 is 0 Å². The molecule has 0 heterocycles. The van der Waals surface area contributed by atoms with Crippen LogP contribution in [0.1, 0.15) is 56.0 Å². The Morgan fingerprint density at radius 2 is 1.38 bits per heavy atom. The lowest BCUT2D eigenvalue weighted by Crippen LogP contribution is -2.14. The van der Waals surface area contributed by atoms with E-state index in [0.717, 1.165) is 12.8 Å². The average Bonchev–Trinajstić information content (AvgIpc) is 2.47. The van der Waals surface area contributed by atoms with Gasteiger partial charge < -0.3 is 5.73 Å². The van der Waals surface area contributed by atoms with Crippen LogP contribution >= 0.6 is 0 Å². The molecule has 0 saturated heterocycles. The Morgan fingerprint density at radius 1 is 0.857 bits per heavy atom. The predicted molar refractivity (Wildman–Crippen MR) is 91.6 cm³/mol. The van der Waals surface area contributed by atoms with Crippen LogP contribution in [0.15, 0.2) is 48.5 Å². The van der Waals surface area contributed by atoms with E-state index >= 15 is 0 Å². The molecule has 0 spiro atoms. The molecule has 1 unspecified atom stereocenters. The number of aryl methyl sites for hydroxylation is 1. The standard InChI is InChI=1S/C20H27N/c1-5-15-6-10-17(11-7-15)19(21)14-16-8-12-18(13-9-16)20(2,3)4/h6-13,19H,5,14,21H2,1-4H3. The molecule has 2 N–H and O–H groups in total. The zero-order chi connectivity index (χ0) is 15.5. The first-order valence-electron chi connectivity index (χ1n) is 7.84. The van der Waals surface area contributed by atoms with Gasteiger partial charge in [0.05, 0.1) is 0 Å². The number of hydrogen-bond acceptors (Lipinski definition) is 1. The lowest BCUT2D eigenvalue weighted by molar-refractivity contribution is 0.589. The van der Waals surface area contributed by atoms with Crippen molar-refractivity contribution in [3.63, 3.8) is 0 Å². The first kappa shape index (κ1) is 15.8. The largest absolute Gasteiger partial charge is 0.324 e. The summed E-state index contributed by atoms with van der Waals surface area (Å²) in [4.78, 5) is 0. The van der Waals surface area contributed by atoms with E-state index in [9.17, 15) is 0 Å². The van der Waals surface area contributed by atoms with Crippen LogP contribution in [0.4, 0.5) is 0 Å². The maximum absolute atomic E-state index is 6.34.